The average molecular weight is 199 g/mol. The molecular weight excluding hydrogens is 182 g/mol. The van der Waals surface area contributed by atoms with Gasteiger partial charge in [-0.3, -0.25) is 5.10 Å². The molecule has 4 heteroatoms. The summed E-state index contributed by atoms with van der Waals surface area (Å²) < 4.78 is 2.80. The minimum Gasteiger partial charge on any atom is -0.304 e. The summed E-state index contributed by atoms with van der Waals surface area (Å²) in [6.07, 6.45) is 2.35. The number of rotatable bonds is 4. The summed E-state index contributed by atoms with van der Waals surface area (Å²) in [5, 5.41) is 7.09. The molecule has 13 heavy (non-hydrogen) atoms. The fraction of sp³-hybridized carbons (Fsp3) is 0.778. The molecule has 0 aromatic carbocycles. The second kappa shape index (κ2) is 4.56. The van der Waals surface area contributed by atoms with E-state index in [9.17, 15) is 0 Å². The molecular formula is C9H17N3S. The van der Waals surface area contributed by atoms with Gasteiger partial charge in [-0.25, -0.2) is 0 Å². The largest absolute Gasteiger partial charge is 0.304 e. The number of aromatic amines is 1. The molecule has 1 atom stereocenters. The summed E-state index contributed by atoms with van der Waals surface area (Å²) in [4.78, 5) is 0. The summed E-state index contributed by atoms with van der Waals surface area (Å²) in [6, 6.07) is 0. The lowest BCUT2D eigenvalue weighted by molar-refractivity contribution is 0.576. The Morgan fingerprint density at radius 3 is 2.77 bits per heavy atom. The maximum atomic E-state index is 5.12. The third-order valence-corrected chi connectivity index (χ3v) is 2.58. The van der Waals surface area contributed by atoms with Gasteiger partial charge in [0.05, 0.1) is 0 Å². The van der Waals surface area contributed by atoms with E-state index in [1.54, 1.807) is 0 Å². The smallest absolute Gasteiger partial charge is 0.195 e. The van der Waals surface area contributed by atoms with Gasteiger partial charge >= 0.3 is 0 Å². The normalized spacial score (nSPS) is 13.2. The van der Waals surface area contributed by atoms with E-state index >= 15 is 0 Å². The van der Waals surface area contributed by atoms with Gasteiger partial charge in [-0.05, 0) is 25.6 Å². The van der Waals surface area contributed by atoms with Crippen molar-refractivity contribution in [2.24, 2.45) is 0 Å². The van der Waals surface area contributed by atoms with Crippen molar-refractivity contribution >= 4 is 12.2 Å². The Morgan fingerprint density at radius 1 is 1.54 bits per heavy atom. The minimum absolute atomic E-state index is 0.498. The van der Waals surface area contributed by atoms with Crippen LogP contribution in [0.25, 0.3) is 0 Å². The highest BCUT2D eigenvalue weighted by atomic mass is 32.1. The predicted octanol–water partition coefficient (Wildman–Crippen LogP) is 2.86. The van der Waals surface area contributed by atoms with Crippen LogP contribution in [-0.2, 0) is 6.54 Å². The predicted molar refractivity (Wildman–Crippen MR) is 56.4 cm³/mol. The Bertz CT molecular complexity index is 313. The molecule has 0 radical (unpaired) electrons. The van der Waals surface area contributed by atoms with Gasteiger partial charge in [-0.2, -0.15) is 5.10 Å². The van der Waals surface area contributed by atoms with Crippen LogP contribution >= 0.6 is 12.2 Å². The van der Waals surface area contributed by atoms with Gasteiger partial charge < -0.3 is 4.57 Å². The third kappa shape index (κ3) is 2.18. The molecule has 0 saturated heterocycles. The summed E-state index contributed by atoms with van der Waals surface area (Å²) in [5.74, 6) is 1.59. The summed E-state index contributed by atoms with van der Waals surface area (Å²) in [7, 11) is 0. The van der Waals surface area contributed by atoms with Crippen molar-refractivity contribution in [1.82, 2.24) is 14.8 Å². The molecule has 0 amide bonds. The molecule has 1 aromatic heterocycles. The zero-order valence-corrected chi connectivity index (χ0v) is 9.32. The number of nitrogens with one attached hydrogen (secondary N) is 1. The molecule has 1 heterocycles. The Kier molecular flexibility index (Phi) is 3.66. The van der Waals surface area contributed by atoms with Crippen molar-refractivity contribution in [3.63, 3.8) is 0 Å². The molecule has 1 aromatic rings. The fourth-order valence-electron chi connectivity index (χ4n) is 1.57. The molecule has 0 aliphatic carbocycles. The SMILES string of the molecule is CCCC(C)c1n[nH]c(=S)n1CC. The first-order chi connectivity index (χ1) is 6.20. The van der Waals surface area contributed by atoms with Crippen LogP contribution in [-0.4, -0.2) is 14.8 Å². The van der Waals surface area contributed by atoms with Crippen LogP contribution in [0, 0.1) is 4.77 Å². The summed E-state index contributed by atoms with van der Waals surface area (Å²) >= 11 is 5.12. The molecule has 0 spiro atoms. The van der Waals surface area contributed by atoms with E-state index in [0.717, 1.165) is 17.1 Å². The lowest BCUT2D eigenvalue weighted by Gasteiger charge is -2.09. The Labute approximate surface area is 84.2 Å². The van der Waals surface area contributed by atoms with Crippen molar-refractivity contribution in [3.05, 3.63) is 10.6 Å². The second-order valence-corrected chi connectivity index (χ2v) is 3.71. The zero-order chi connectivity index (χ0) is 9.84. The van der Waals surface area contributed by atoms with Gasteiger partial charge in [-0.1, -0.05) is 20.3 Å². The average Bonchev–Trinajstić information content (AvgIpc) is 2.47. The fourth-order valence-corrected chi connectivity index (χ4v) is 1.84. The molecule has 0 aliphatic rings. The lowest BCUT2D eigenvalue weighted by atomic mass is 10.1. The maximum Gasteiger partial charge on any atom is 0.195 e. The number of hydrogen-bond donors (Lipinski definition) is 1. The first-order valence-electron chi connectivity index (χ1n) is 4.85. The number of H-pyrrole nitrogens is 1. The number of hydrogen-bond acceptors (Lipinski definition) is 2. The Hall–Kier alpha value is -0.640. The Morgan fingerprint density at radius 2 is 2.23 bits per heavy atom. The van der Waals surface area contributed by atoms with Crippen LogP contribution < -0.4 is 0 Å². The van der Waals surface area contributed by atoms with Crippen LogP contribution in [0.4, 0.5) is 0 Å². The number of aromatic nitrogens is 3. The van der Waals surface area contributed by atoms with Crippen molar-refractivity contribution in [2.45, 2.75) is 46.1 Å². The molecule has 0 aliphatic heterocycles. The molecule has 74 valence electrons. The maximum absolute atomic E-state index is 5.12. The van der Waals surface area contributed by atoms with Gasteiger partial charge in [0.25, 0.3) is 0 Å². The monoisotopic (exact) mass is 199 g/mol. The van der Waals surface area contributed by atoms with Gasteiger partial charge in [0.2, 0.25) is 0 Å². The summed E-state index contributed by atoms with van der Waals surface area (Å²) in [6.45, 7) is 7.38. The van der Waals surface area contributed by atoms with Gasteiger partial charge in [0, 0.05) is 12.5 Å². The van der Waals surface area contributed by atoms with Gasteiger partial charge in [-0.15, -0.1) is 0 Å². The highest BCUT2D eigenvalue weighted by molar-refractivity contribution is 7.71. The topological polar surface area (TPSA) is 33.6 Å². The van der Waals surface area contributed by atoms with E-state index in [0.29, 0.717) is 5.92 Å². The lowest BCUT2D eigenvalue weighted by Crippen LogP contribution is -2.05. The van der Waals surface area contributed by atoms with E-state index in [1.165, 1.54) is 12.8 Å². The first kappa shape index (κ1) is 10.4. The van der Waals surface area contributed by atoms with Crippen molar-refractivity contribution < 1.29 is 0 Å². The minimum atomic E-state index is 0.498. The highest BCUT2D eigenvalue weighted by Gasteiger charge is 2.11. The molecule has 0 bridgehead atoms. The van der Waals surface area contributed by atoms with Crippen LogP contribution in [0.1, 0.15) is 45.4 Å². The quantitative estimate of drug-likeness (QED) is 0.756. The van der Waals surface area contributed by atoms with Crippen molar-refractivity contribution in [2.75, 3.05) is 0 Å². The van der Waals surface area contributed by atoms with E-state index in [4.69, 9.17) is 12.2 Å². The molecule has 0 fully saturated rings. The van der Waals surface area contributed by atoms with Gasteiger partial charge in [0.15, 0.2) is 4.77 Å². The van der Waals surface area contributed by atoms with Crippen LogP contribution in [0.5, 0.6) is 0 Å². The standard InChI is InChI=1S/C9H17N3S/c1-4-6-7(3)8-10-11-9(13)12(8)5-2/h7H,4-6H2,1-3H3,(H,11,13). The Balaban J connectivity index is 2.93. The van der Waals surface area contributed by atoms with Crippen molar-refractivity contribution in [1.29, 1.82) is 0 Å². The molecule has 1 rings (SSSR count). The van der Waals surface area contributed by atoms with Crippen LogP contribution in [0.3, 0.4) is 0 Å². The van der Waals surface area contributed by atoms with E-state index in [1.807, 2.05) is 0 Å². The zero-order valence-electron chi connectivity index (χ0n) is 8.50. The third-order valence-electron chi connectivity index (χ3n) is 2.27. The van der Waals surface area contributed by atoms with Crippen LogP contribution in [0.15, 0.2) is 0 Å². The molecule has 3 nitrogen and oxygen atoms in total. The van der Waals surface area contributed by atoms with E-state index < -0.39 is 0 Å². The van der Waals surface area contributed by atoms with E-state index in [-0.39, 0.29) is 0 Å². The molecule has 1 N–H and O–H groups in total. The van der Waals surface area contributed by atoms with Crippen LogP contribution in [0.2, 0.25) is 0 Å². The first-order valence-corrected chi connectivity index (χ1v) is 5.26. The van der Waals surface area contributed by atoms with Crippen molar-refractivity contribution in [3.8, 4) is 0 Å². The summed E-state index contributed by atoms with van der Waals surface area (Å²) in [5.41, 5.74) is 0. The highest BCUT2D eigenvalue weighted by Crippen LogP contribution is 2.18. The van der Waals surface area contributed by atoms with Gasteiger partial charge in [0.1, 0.15) is 5.82 Å². The molecule has 0 saturated carbocycles. The second-order valence-electron chi connectivity index (χ2n) is 3.32. The van der Waals surface area contributed by atoms with E-state index in [2.05, 4.69) is 35.5 Å². The number of nitrogens with zero attached hydrogens (tertiary/aromatic N) is 2. The molecule has 1 unspecified atom stereocenters.